The van der Waals surface area contributed by atoms with E-state index >= 15 is 0 Å². The maximum absolute atomic E-state index is 13.3. The Labute approximate surface area is 239 Å². The third-order valence-electron chi connectivity index (χ3n) is 7.24. The Hall–Kier alpha value is -4.44. The van der Waals surface area contributed by atoms with Gasteiger partial charge in [0.2, 0.25) is 11.8 Å². The van der Waals surface area contributed by atoms with Gasteiger partial charge in [0.15, 0.2) is 0 Å². The molecule has 9 nitrogen and oxygen atoms in total. The van der Waals surface area contributed by atoms with E-state index in [0.29, 0.717) is 5.69 Å². The highest BCUT2D eigenvalue weighted by molar-refractivity contribution is 7.92. The lowest BCUT2D eigenvalue weighted by Gasteiger charge is -2.21. The van der Waals surface area contributed by atoms with Crippen LogP contribution in [0.15, 0.2) is 71.6 Å². The molecule has 0 aliphatic carbocycles. The SMILES string of the molecule is Cc1cccc(C)c1-c1cc2nc(n1)NS(=O)(=O)c1cccc(c1)C(=O)NCC(c1ccc3c(c1)CC(C)(C)O3)O2. The van der Waals surface area contributed by atoms with E-state index in [4.69, 9.17) is 9.47 Å². The largest absolute Gasteiger partial charge is 0.487 e. The molecule has 2 aliphatic rings. The molecule has 1 unspecified atom stereocenters. The van der Waals surface area contributed by atoms with Crippen molar-refractivity contribution < 1.29 is 22.7 Å². The first-order chi connectivity index (χ1) is 19.5. The van der Waals surface area contributed by atoms with Gasteiger partial charge in [-0.3, -0.25) is 4.79 Å². The fraction of sp³-hybridized carbons (Fsp3) is 0.258. The van der Waals surface area contributed by atoms with Crippen LogP contribution in [-0.4, -0.2) is 36.4 Å². The average Bonchev–Trinajstić information content (AvgIpc) is 3.23. The molecule has 0 fully saturated rings. The highest BCUT2D eigenvalue weighted by atomic mass is 32.2. The van der Waals surface area contributed by atoms with Crippen LogP contribution >= 0.6 is 0 Å². The smallest absolute Gasteiger partial charge is 0.264 e. The molecule has 4 bridgehead atoms. The highest BCUT2D eigenvalue weighted by Gasteiger charge is 2.31. The van der Waals surface area contributed by atoms with Crippen LogP contribution in [0.1, 0.15) is 52.6 Å². The number of fused-ring (bicyclic) bond motifs is 5. The number of anilines is 1. The monoisotopic (exact) mass is 570 g/mol. The molecule has 2 aliphatic heterocycles. The van der Waals surface area contributed by atoms with Gasteiger partial charge in [0.05, 0.1) is 17.1 Å². The van der Waals surface area contributed by atoms with Gasteiger partial charge in [0.1, 0.15) is 17.5 Å². The predicted octanol–water partition coefficient (Wildman–Crippen LogP) is 5.14. The van der Waals surface area contributed by atoms with E-state index in [2.05, 4.69) is 20.0 Å². The van der Waals surface area contributed by atoms with Gasteiger partial charge in [0, 0.05) is 23.6 Å². The summed E-state index contributed by atoms with van der Waals surface area (Å²) in [6.45, 7) is 8.12. The van der Waals surface area contributed by atoms with Gasteiger partial charge < -0.3 is 14.8 Å². The summed E-state index contributed by atoms with van der Waals surface area (Å²) in [6.07, 6.45) is 0.0973. The van der Waals surface area contributed by atoms with Crippen molar-refractivity contribution in [1.29, 1.82) is 0 Å². The van der Waals surface area contributed by atoms with Gasteiger partial charge in [-0.05, 0) is 80.3 Å². The van der Waals surface area contributed by atoms with Crippen molar-refractivity contribution in [1.82, 2.24) is 15.3 Å². The topological polar surface area (TPSA) is 120 Å². The number of rotatable bonds is 2. The van der Waals surface area contributed by atoms with Gasteiger partial charge in [0.25, 0.3) is 15.9 Å². The molecule has 0 spiro atoms. The van der Waals surface area contributed by atoms with Crippen LogP contribution in [0, 0.1) is 13.8 Å². The maximum Gasteiger partial charge on any atom is 0.264 e. The number of nitrogens with one attached hydrogen (secondary N) is 2. The van der Waals surface area contributed by atoms with Crippen molar-refractivity contribution in [2.24, 2.45) is 0 Å². The Morgan fingerprint density at radius 1 is 0.951 bits per heavy atom. The number of amides is 1. The molecule has 10 heteroatoms. The van der Waals surface area contributed by atoms with Gasteiger partial charge in [-0.25, -0.2) is 18.1 Å². The second kappa shape index (κ2) is 9.88. The first-order valence-corrected chi connectivity index (χ1v) is 14.8. The number of sulfonamides is 1. The van der Waals surface area contributed by atoms with Gasteiger partial charge >= 0.3 is 0 Å². The minimum absolute atomic E-state index is 0.0780. The Morgan fingerprint density at radius 2 is 1.71 bits per heavy atom. The molecule has 1 amide bonds. The molecule has 1 atom stereocenters. The van der Waals surface area contributed by atoms with Crippen LogP contribution in [0.4, 0.5) is 5.95 Å². The van der Waals surface area contributed by atoms with Crippen LogP contribution in [0.5, 0.6) is 11.6 Å². The Kier molecular flexibility index (Phi) is 6.45. The van der Waals surface area contributed by atoms with E-state index in [9.17, 15) is 13.2 Å². The van der Waals surface area contributed by atoms with Crippen LogP contribution < -0.4 is 19.5 Å². The first-order valence-electron chi connectivity index (χ1n) is 13.3. The lowest BCUT2D eigenvalue weighted by atomic mass is 9.98. The zero-order valence-corrected chi connectivity index (χ0v) is 24.0. The maximum atomic E-state index is 13.3. The number of hydrogen-bond donors (Lipinski definition) is 2. The van der Waals surface area contributed by atoms with E-state index in [1.165, 1.54) is 18.2 Å². The number of carbonyl (C=O) groups excluding carboxylic acids is 1. The third kappa shape index (κ3) is 5.35. The molecule has 0 radical (unpaired) electrons. The molecule has 3 aromatic carbocycles. The van der Waals surface area contributed by atoms with E-state index in [-0.39, 0.29) is 34.4 Å². The number of nitrogens with zero attached hydrogens (tertiary/aromatic N) is 2. The standard InChI is InChI=1S/C31H30N4O5S/c1-18-7-5-8-19(2)28(18)24-15-27-34-30(33-24)35-41(37,38)23-10-6-9-21(14-23)29(36)32-17-26(39-27)20-11-12-25-22(13-20)16-31(3,4)40-25/h5-15,26H,16-17H2,1-4H3,(H,32,36)(H,33,34,35). The number of carbonyl (C=O) groups is 1. The van der Waals surface area contributed by atoms with Crippen molar-refractivity contribution in [3.63, 3.8) is 0 Å². The minimum atomic E-state index is -4.11. The summed E-state index contributed by atoms with van der Waals surface area (Å²) in [6, 6.07) is 19.3. The van der Waals surface area contributed by atoms with Gasteiger partial charge in [-0.2, -0.15) is 4.98 Å². The van der Waals surface area contributed by atoms with Crippen molar-refractivity contribution in [2.75, 3.05) is 11.3 Å². The molecule has 3 heterocycles. The summed E-state index contributed by atoms with van der Waals surface area (Å²) in [5, 5.41) is 2.91. The summed E-state index contributed by atoms with van der Waals surface area (Å²) < 4.78 is 41.6. The Balaban J connectivity index is 1.49. The fourth-order valence-corrected chi connectivity index (χ4v) is 6.34. The van der Waals surface area contributed by atoms with Gasteiger partial charge in [-0.15, -0.1) is 0 Å². The second-order valence-electron chi connectivity index (χ2n) is 11.0. The number of ether oxygens (including phenoxy) is 2. The molecule has 2 N–H and O–H groups in total. The Bertz CT molecular complexity index is 1780. The van der Waals surface area contributed by atoms with E-state index in [0.717, 1.165) is 40.0 Å². The number of aryl methyl sites for hydroxylation is 2. The number of aromatic nitrogens is 2. The van der Waals surface area contributed by atoms with E-state index in [1.807, 2.05) is 64.1 Å². The molecule has 210 valence electrons. The quantitative estimate of drug-likeness (QED) is 0.343. The zero-order chi connectivity index (χ0) is 28.9. The normalized spacial score (nSPS) is 18.7. The van der Waals surface area contributed by atoms with Crippen LogP contribution in [0.2, 0.25) is 0 Å². The fourth-order valence-electron chi connectivity index (χ4n) is 5.35. The first kappa shape index (κ1) is 26.8. The molecule has 41 heavy (non-hydrogen) atoms. The lowest BCUT2D eigenvalue weighted by Crippen LogP contribution is -2.31. The van der Waals surface area contributed by atoms with Crippen molar-refractivity contribution >= 4 is 21.9 Å². The molecule has 6 rings (SSSR count). The molecule has 4 aromatic rings. The van der Waals surface area contributed by atoms with Crippen LogP contribution in [0.3, 0.4) is 0 Å². The summed E-state index contributed by atoms with van der Waals surface area (Å²) in [5.74, 6) is 0.430. The molecule has 1 aromatic heterocycles. The molecule has 0 saturated heterocycles. The second-order valence-corrected chi connectivity index (χ2v) is 12.7. The van der Waals surface area contributed by atoms with Crippen molar-refractivity contribution in [2.45, 2.75) is 50.7 Å². The summed E-state index contributed by atoms with van der Waals surface area (Å²) >= 11 is 0. The summed E-state index contributed by atoms with van der Waals surface area (Å²) in [7, 11) is -4.11. The molecular formula is C31H30N4O5S. The van der Waals surface area contributed by atoms with Gasteiger partial charge in [-0.1, -0.05) is 30.3 Å². The minimum Gasteiger partial charge on any atom is -0.487 e. The van der Waals surface area contributed by atoms with Crippen LogP contribution in [0.25, 0.3) is 11.3 Å². The Morgan fingerprint density at radius 3 is 2.49 bits per heavy atom. The summed E-state index contributed by atoms with van der Waals surface area (Å²) in [4.78, 5) is 22.1. The highest BCUT2D eigenvalue weighted by Crippen LogP contribution is 2.37. The van der Waals surface area contributed by atoms with Crippen LogP contribution in [-0.2, 0) is 16.4 Å². The molecule has 0 saturated carbocycles. The van der Waals surface area contributed by atoms with E-state index < -0.39 is 22.0 Å². The van der Waals surface area contributed by atoms with Crippen molar-refractivity contribution in [3.8, 4) is 22.9 Å². The zero-order valence-electron chi connectivity index (χ0n) is 23.2. The van der Waals surface area contributed by atoms with E-state index in [1.54, 1.807) is 12.1 Å². The number of hydrogen-bond acceptors (Lipinski definition) is 7. The molecular weight excluding hydrogens is 540 g/mol. The predicted molar refractivity (Wildman–Crippen MR) is 155 cm³/mol. The number of benzene rings is 3. The summed E-state index contributed by atoms with van der Waals surface area (Å²) in [5.41, 5.74) is 5.07. The third-order valence-corrected chi connectivity index (χ3v) is 8.57. The lowest BCUT2D eigenvalue weighted by molar-refractivity contribution is 0.0925. The average molecular weight is 571 g/mol. The van der Waals surface area contributed by atoms with Crippen molar-refractivity contribution in [3.05, 3.63) is 94.5 Å².